The van der Waals surface area contributed by atoms with Crippen molar-refractivity contribution < 1.29 is 0 Å². The normalized spacial score (nSPS) is 10.9. The molecule has 0 amide bonds. The van der Waals surface area contributed by atoms with Crippen molar-refractivity contribution >= 4 is 11.0 Å². The lowest BCUT2D eigenvalue weighted by Gasteiger charge is -2.14. The van der Waals surface area contributed by atoms with Crippen LogP contribution in [0.15, 0.2) is 24.5 Å². The molecule has 0 aliphatic carbocycles. The number of imidazole rings is 1. The Morgan fingerprint density at radius 1 is 1.47 bits per heavy atom. The van der Waals surface area contributed by atoms with E-state index in [1.54, 1.807) is 0 Å². The Morgan fingerprint density at radius 2 is 2.29 bits per heavy atom. The van der Waals surface area contributed by atoms with E-state index < -0.39 is 0 Å². The molecule has 0 atom stereocenters. The first kappa shape index (κ1) is 11.6. The molecule has 1 aromatic heterocycles. The summed E-state index contributed by atoms with van der Waals surface area (Å²) < 4.78 is 2.01. The van der Waals surface area contributed by atoms with Gasteiger partial charge >= 0.3 is 0 Å². The number of benzene rings is 1. The maximum absolute atomic E-state index is 8.54. The van der Waals surface area contributed by atoms with Gasteiger partial charge < -0.3 is 9.47 Å². The Morgan fingerprint density at radius 3 is 3.06 bits per heavy atom. The number of nitriles is 1. The molecule has 0 saturated carbocycles. The molecule has 0 unspecified atom stereocenters. The minimum Gasteiger partial charge on any atom is -0.334 e. The second-order valence-electron chi connectivity index (χ2n) is 4.32. The van der Waals surface area contributed by atoms with E-state index in [-0.39, 0.29) is 0 Å². The standard InChI is InChI=1S/C13H16N4/c1-16(7-3-6-14)9-11-4-5-13-12(8-11)15-10-17(13)2/h4-5,8,10H,3,7,9H2,1-2H3. The number of hydrogen-bond donors (Lipinski definition) is 0. The van der Waals surface area contributed by atoms with E-state index >= 15 is 0 Å². The van der Waals surface area contributed by atoms with Gasteiger partial charge in [-0.1, -0.05) is 6.07 Å². The quantitative estimate of drug-likeness (QED) is 0.803. The molecule has 0 bridgehead atoms. The van der Waals surface area contributed by atoms with E-state index in [2.05, 4.69) is 34.2 Å². The molecule has 0 N–H and O–H groups in total. The second-order valence-corrected chi connectivity index (χ2v) is 4.32. The largest absolute Gasteiger partial charge is 0.334 e. The summed E-state index contributed by atoms with van der Waals surface area (Å²) in [5.74, 6) is 0. The summed E-state index contributed by atoms with van der Waals surface area (Å²) in [7, 11) is 4.02. The van der Waals surface area contributed by atoms with E-state index in [4.69, 9.17) is 5.26 Å². The second kappa shape index (κ2) is 4.98. The molecule has 0 fully saturated rings. The van der Waals surface area contributed by atoms with Crippen LogP contribution in [0.25, 0.3) is 11.0 Å². The molecule has 0 radical (unpaired) electrons. The van der Waals surface area contributed by atoms with Gasteiger partial charge in [-0.2, -0.15) is 5.26 Å². The first-order chi connectivity index (χ1) is 8.20. The molecular formula is C13H16N4. The fraction of sp³-hybridized carbons (Fsp3) is 0.385. The maximum atomic E-state index is 8.54. The number of hydrogen-bond acceptors (Lipinski definition) is 3. The van der Waals surface area contributed by atoms with Gasteiger partial charge in [0.1, 0.15) is 0 Å². The zero-order chi connectivity index (χ0) is 12.3. The molecule has 0 aliphatic rings. The van der Waals surface area contributed by atoms with Crippen molar-refractivity contribution in [1.82, 2.24) is 14.5 Å². The summed E-state index contributed by atoms with van der Waals surface area (Å²) in [4.78, 5) is 6.49. The number of rotatable bonds is 4. The highest BCUT2D eigenvalue weighted by Gasteiger charge is 2.03. The van der Waals surface area contributed by atoms with Crippen LogP contribution in [0.1, 0.15) is 12.0 Å². The van der Waals surface area contributed by atoms with Gasteiger partial charge in [0.2, 0.25) is 0 Å². The fourth-order valence-corrected chi connectivity index (χ4v) is 1.91. The molecule has 2 rings (SSSR count). The lowest BCUT2D eigenvalue weighted by atomic mass is 10.2. The molecular weight excluding hydrogens is 212 g/mol. The molecule has 88 valence electrons. The van der Waals surface area contributed by atoms with Gasteiger partial charge in [0.15, 0.2) is 0 Å². The van der Waals surface area contributed by atoms with Crippen LogP contribution in [0.2, 0.25) is 0 Å². The highest BCUT2D eigenvalue weighted by Crippen LogP contribution is 2.14. The van der Waals surface area contributed by atoms with Crippen LogP contribution in [0, 0.1) is 11.3 Å². The van der Waals surface area contributed by atoms with Crippen LogP contribution in [0.4, 0.5) is 0 Å². The first-order valence-corrected chi connectivity index (χ1v) is 5.66. The van der Waals surface area contributed by atoms with E-state index in [1.165, 1.54) is 5.56 Å². The molecule has 0 aliphatic heterocycles. The van der Waals surface area contributed by atoms with Crippen LogP contribution >= 0.6 is 0 Å². The third-order valence-corrected chi connectivity index (χ3v) is 2.85. The van der Waals surface area contributed by atoms with Crippen molar-refractivity contribution in [3.8, 4) is 6.07 Å². The Hall–Kier alpha value is -1.86. The molecule has 0 spiro atoms. The minimum absolute atomic E-state index is 0.572. The molecule has 4 nitrogen and oxygen atoms in total. The van der Waals surface area contributed by atoms with E-state index in [0.717, 1.165) is 24.1 Å². The smallest absolute Gasteiger partial charge is 0.0955 e. The summed E-state index contributed by atoms with van der Waals surface area (Å²) in [6, 6.07) is 8.48. The van der Waals surface area contributed by atoms with E-state index in [1.807, 2.05) is 25.0 Å². The maximum Gasteiger partial charge on any atom is 0.0955 e. The predicted octanol–water partition coefficient (Wildman–Crippen LogP) is 1.92. The van der Waals surface area contributed by atoms with E-state index in [0.29, 0.717) is 6.42 Å². The fourth-order valence-electron chi connectivity index (χ4n) is 1.91. The van der Waals surface area contributed by atoms with Gasteiger partial charge in [-0.3, -0.25) is 0 Å². The number of nitrogens with zero attached hydrogens (tertiary/aromatic N) is 4. The summed E-state index contributed by atoms with van der Waals surface area (Å²) in [6.45, 7) is 1.66. The van der Waals surface area contributed by atoms with Gasteiger partial charge in [0, 0.05) is 26.6 Å². The highest BCUT2D eigenvalue weighted by molar-refractivity contribution is 5.75. The number of aryl methyl sites for hydroxylation is 1. The van der Waals surface area contributed by atoms with Gasteiger partial charge in [-0.05, 0) is 24.7 Å². The summed E-state index contributed by atoms with van der Waals surface area (Å²) in [6.07, 6.45) is 2.40. The number of fused-ring (bicyclic) bond motifs is 1. The average Bonchev–Trinajstić information content (AvgIpc) is 2.68. The highest BCUT2D eigenvalue weighted by atomic mass is 15.1. The Bertz CT molecular complexity index is 550. The molecule has 0 saturated heterocycles. The van der Waals surface area contributed by atoms with E-state index in [9.17, 15) is 0 Å². The van der Waals surface area contributed by atoms with Crippen LogP contribution < -0.4 is 0 Å². The predicted molar refractivity (Wildman–Crippen MR) is 67.3 cm³/mol. The lowest BCUT2D eigenvalue weighted by molar-refractivity contribution is 0.335. The van der Waals surface area contributed by atoms with Crippen molar-refractivity contribution in [2.24, 2.45) is 7.05 Å². The molecule has 17 heavy (non-hydrogen) atoms. The van der Waals surface area contributed by atoms with Crippen LogP contribution in [0.3, 0.4) is 0 Å². The van der Waals surface area contributed by atoms with Crippen LogP contribution in [0.5, 0.6) is 0 Å². The zero-order valence-electron chi connectivity index (χ0n) is 10.2. The monoisotopic (exact) mass is 228 g/mol. The van der Waals surface area contributed by atoms with Crippen molar-refractivity contribution in [2.75, 3.05) is 13.6 Å². The van der Waals surface area contributed by atoms with Crippen LogP contribution in [-0.2, 0) is 13.6 Å². The topological polar surface area (TPSA) is 44.9 Å². The Kier molecular flexibility index (Phi) is 3.40. The third-order valence-electron chi connectivity index (χ3n) is 2.85. The van der Waals surface area contributed by atoms with Crippen molar-refractivity contribution in [1.29, 1.82) is 5.26 Å². The SMILES string of the molecule is CN(CCC#N)Cc1ccc2c(c1)ncn2C. The van der Waals surface area contributed by atoms with Crippen molar-refractivity contribution in [3.05, 3.63) is 30.1 Å². The molecule has 2 aromatic rings. The Labute approximate surface area is 101 Å². The van der Waals surface area contributed by atoms with Crippen molar-refractivity contribution in [3.63, 3.8) is 0 Å². The third kappa shape index (κ3) is 2.63. The molecule has 1 aromatic carbocycles. The van der Waals surface area contributed by atoms with Gasteiger partial charge in [0.25, 0.3) is 0 Å². The van der Waals surface area contributed by atoms with Gasteiger partial charge in [-0.15, -0.1) is 0 Å². The molecule has 1 heterocycles. The average molecular weight is 228 g/mol. The number of aromatic nitrogens is 2. The first-order valence-electron chi connectivity index (χ1n) is 5.66. The van der Waals surface area contributed by atoms with Crippen LogP contribution in [-0.4, -0.2) is 28.0 Å². The summed E-state index contributed by atoms with van der Waals surface area (Å²) >= 11 is 0. The zero-order valence-corrected chi connectivity index (χ0v) is 10.2. The summed E-state index contributed by atoms with van der Waals surface area (Å²) in [5, 5.41) is 8.54. The lowest BCUT2D eigenvalue weighted by Crippen LogP contribution is -2.18. The van der Waals surface area contributed by atoms with Gasteiger partial charge in [-0.25, -0.2) is 4.98 Å². The van der Waals surface area contributed by atoms with Crippen molar-refractivity contribution in [2.45, 2.75) is 13.0 Å². The minimum atomic E-state index is 0.572. The Balaban J connectivity index is 2.12. The molecule has 4 heteroatoms. The van der Waals surface area contributed by atoms with Gasteiger partial charge in [0.05, 0.1) is 23.4 Å². The summed E-state index contributed by atoms with van der Waals surface area (Å²) in [5.41, 5.74) is 3.41.